The fourth-order valence-corrected chi connectivity index (χ4v) is 4.71. The van der Waals surface area contributed by atoms with E-state index in [1.165, 1.54) is 23.5 Å². The molecule has 140 valence electrons. The lowest BCUT2D eigenvalue weighted by Crippen LogP contribution is -2.27. The van der Waals surface area contributed by atoms with Crippen molar-refractivity contribution < 1.29 is 13.2 Å². The molecule has 3 rings (SSSR count). The van der Waals surface area contributed by atoms with Gasteiger partial charge in [-0.25, -0.2) is 13.1 Å². The van der Waals surface area contributed by atoms with Gasteiger partial charge in [-0.3, -0.25) is 4.79 Å². The predicted molar refractivity (Wildman–Crippen MR) is 103 cm³/mol. The first-order valence-corrected chi connectivity index (χ1v) is 11.0. The zero-order valence-corrected chi connectivity index (χ0v) is 16.0. The van der Waals surface area contributed by atoms with Gasteiger partial charge in [-0.1, -0.05) is 12.1 Å². The molecule has 1 aromatic carbocycles. The minimum absolute atomic E-state index is 0.0988. The van der Waals surface area contributed by atoms with Gasteiger partial charge in [-0.05, 0) is 61.5 Å². The Morgan fingerprint density at radius 1 is 1.27 bits per heavy atom. The molecule has 2 aromatic rings. The number of carbonyl (C=O) groups excluding carboxylic acids is 1. The topological polar surface area (TPSA) is 87.3 Å². The van der Waals surface area contributed by atoms with Crippen molar-refractivity contribution in [2.24, 2.45) is 5.92 Å². The maximum Gasteiger partial charge on any atom is 0.251 e. The van der Waals surface area contributed by atoms with E-state index in [0.29, 0.717) is 18.0 Å². The highest BCUT2D eigenvalue weighted by atomic mass is 32.2. The first-order valence-electron chi connectivity index (χ1n) is 8.65. The number of amides is 1. The molecule has 1 atom stereocenters. The molecular weight excluding hydrogens is 370 g/mol. The first kappa shape index (κ1) is 19.0. The third-order valence-corrected chi connectivity index (χ3v) is 6.70. The Balaban J connectivity index is 1.58. The van der Waals surface area contributed by atoms with E-state index in [2.05, 4.69) is 15.4 Å². The van der Waals surface area contributed by atoms with Gasteiger partial charge in [0, 0.05) is 23.5 Å². The lowest BCUT2D eigenvalue weighted by Gasteiger charge is -2.10. The second kappa shape index (κ2) is 8.77. The lowest BCUT2D eigenvalue weighted by atomic mass is 10.1. The Labute approximate surface area is 158 Å². The number of hydrogen-bond acceptors (Lipinski definition) is 5. The minimum atomic E-state index is -3.66. The molecule has 26 heavy (non-hydrogen) atoms. The fourth-order valence-electron chi connectivity index (χ4n) is 2.92. The fraction of sp³-hybridized carbons (Fsp3) is 0.389. The Bertz CT molecular complexity index is 829. The number of nitrogens with one attached hydrogen (secondary N) is 3. The number of rotatable bonds is 8. The van der Waals surface area contributed by atoms with Crippen LogP contribution in [0.5, 0.6) is 0 Å². The third kappa shape index (κ3) is 5.14. The third-order valence-electron chi connectivity index (χ3n) is 4.42. The molecule has 0 radical (unpaired) electrons. The Morgan fingerprint density at radius 3 is 2.88 bits per heavy atom. The van der Waals surface area contributed by atoms with Crippen LogP contribution in [0, 0.1) is 5.92 Å². The predicted octanol–water partition coefficient (Wildman–Crippen LogP) is 1.96. The molecule has 0 aliphatic carbocycles. The van der Waals surface area contributed by atoms with E-state index in [1.807, 2.05) is 17.5 Å². The van der Waals surface area contributed by atoms with Crippen LogP contribution in [0.15, 0.2) is 46.7 Å². The van der Waals surface area contributed by atoms with Crippen LogP contribution in [0.4, 0.5) is 0 Å². The molecule has 3 N–H and O–H groups in total. The average molecular weight is 394 g/mol. The van der Waals surface area contributed by atoms with E-state index in [0.717, 1.165) is 30.8 Å². The van der Waals surface area contributed by atoms with Crippen molar-refractivity contribution in [2.75, 3.05) is 19.6 Å². The van der Waals surface area contributed by atoms with Crippen LogP contribution in [0.3, 0.4) is 0 Å². The van der Waals surface area contributed by atoms with Crippen molar-refractivity contribution in [1.82, 2.24) is 15.4 Å². The summed E-state index contributed by atoms with van der Waals surface area (Å²) in [4.78, 5) is 13.3. The van der Waals surface area contributed by atoms with Crippen LogP contribution < -0.4 is 15.4 Å². The van der Waals surface area contributed by atoms with Gasteiger partial charge in [0.25, 0.3) is 5.91 Å². The van der Waals surface area contributed by atoms with Crippen molar-refractivity contribution in [3.8, 4) is 0 Å². The molecule has 2 heterocycles. The summed E-state index contributed by atoms with van der Waals surface area (Å²) >= 11 is 1.49. The summed E-state index contributed by atoms with van der Waals surface area (Å²) in [6.07, 6.45) is 2.07. The van der Waals surface area contributed by atoms with E-state index in [1.54, 1.807) is 12.1 Å². The number of sulfonamides is 1. The standard InChI is InChI=1S/C18H23N3O3S2/c22-18(20-9-7-14-6-8-19-12-14)15-3-1-5-17(11-15)26(23,24)21-13-16-4-2-10-25-16/h1-5,10-11,14,19,21H,6-9,12-13H2,(H,20,22). The summed E-state index contributed by atoms with van der Waals surface area (Å²) in [6, 6.07) is 9.89. The second-order valence-electron chi connectivity index (χ2n) is 6.34. The van der Waals surface area contributed by atoms with Gasteiger partial charge in [0.05, 0.1) is 4.90 Å². The Morgan fingerprint density at radius 2 is 2.15 bits per heavy atom. The number of hydrogen-bond donors (Lipinski definition) is 3. The molecule has 1 aliphatic heterocycles. The van der Waals surface area contributed by atoms with E-state index < -0.39 is 10.0 Å². The van der Waals surface area contributed by atoms with Crippen LogP contribution in [0.25, 0.3) is 0 Å². The Kier molecular flexibility index (Phi) is 6.42. The molecule has 1 aliphatic rings. The SMILES string of the molecule is O=C(NCCC1CCNC1)c1cccc(S(=O)(=O)NCc2cccs2)c1. The zero-order chi connectivity index (χ0) is 18.4. The van der Waals surface area contributed by atoms with Crippen LogP contribution in [-0.2, 0) is 16.6 Å². The first-order chi connectivity index (χ1) is 12.5. The number of thiophene rings is 1. The highest BCUT2D eigenvalue weighted by Gasteiger charge is 2.17. The summed E-state index contributed by atoms with van der Waals surface area (Å²) in [5.41, 5.74) is 0.355. The number of benzene rings is 1. The zero-order valence-electron chi connectivity index (χ0n) is 14.4. The normalized spacial score (nSPS) is 17.3. The summed E-state index contributed by atoms with van der Waals surface area (Å²) < 4.78 is 27.5. The largest absolute Gasteiger partial charge is 0.352 e. The molecule has 1 unspecified atom stereocenters. The summed E-state index contributed by atoms with van der Waals surface area (Å²) in [5, 5.41) is 8.08. The van der Waals surface area contributed by atoms with Crippen molar-refractivity contribution in [1.29, 1.82) is 0 Å². The quantitative estimate of drug-likeness (QED) is 0.640. The summed E-state index contributed by atoms with van der Waals surface area (Å²) in [6.45, 7) is 2.88. The van der Waals surface area contributed by atoms with Gasteiger partial charge in [0.1, 0.15) is 0 Å². The molecule has 8 heteroatoms. The van der Waals surface area contributed by atoms with Gasteiger partial charge in [-0.2, -0.15) is 0 Å². The van der Waals surface area contributed by atoms with Crippen molar-refractivity contribution in [2.45, 2.75) is 24.3 Å². The molecule has 0 spiro atoms. The average Bonchev–Trinajstić information content (AvgIpc) is 3.34. The van der Waals surface area contributed by atoms with Gasteiger partial charge < -0.3 is 10.6 Å². The maximum atomic E-state index is 12.4. The van der Waals surface area contributed by atoms with Crippen molar-refractivity contribution in [3.05, 3.63) is 52.2 Å². The van der Waals surface area contributed by atoms with E-state index in [9.17, 15) is 13.2 Å². The molecule has 6 nitrogen and oxygen atoms in total. The van der Waals surface area contributed by atoms with Crippen molar-refractivity contribution in [3.63, 3.8) is 0 Å². The van der Waals surface area contributed by atoms with E-state index in [-0.39, 0.29) is 17.3 Å². The smallest absolute Gasteiger partial charge is 0.251 e. The van der Waals surface area contributed by atoms with Crippen LogP contribution in [0.1, 0.15) is 28.1 Å². The van der Waals surface area contributed by atoms with Gasteiger partial charge in [0.2, 0.25) is 10.0 Å². The molecule has 1 saturated heterocycles. The molecule has 1 aromatic heterocycles. The highest BCUT2D eigenvalue weighted by molar-refractivity contribution is 7.89. The summed E-state index contributed by atoms with van der Waals surface area (Å²) in [5.74, 6) is 0.356. The highest BCUT2D eigenvalue weighted by Crippen LogP contribution is 2.15. The van der Waals surface area contributed by atoms with Crippen molar-refractivity contribution >= 4 is 27.3 Å². The van der Waals surface area contributed by atoms with Crippen LogP contribution in [0.2, 0.25) is 0 Å². The van der Waals surface area contributed by atoms with Crippen LogP contribution >= 0.6 is 11.3 Å². The van der Waals surface area contributed by atoms with E-state index in [4.69, 9.17) is 0 Å². The Hall–Kier alpha value is -1.74. The van der Waals surface area contributed by atoms with Crippen LogP contribution in [-0.4, -0.2) is 34.0 Å². The minimum Gasteiger partial charge on any atom is -0.352 e. The molecule has 0 bridgehead atoms. The molecule has 1 amide bonds. The molecule has 0 saturated carbocycles. The second-order valence-corrected chi connectivity index (χ2v) is 9.13. The monoisotopic (exact) mass is 393 g/mol. The molecule has 1 fully saturated rings. The van der Waals surface area contributed by atoms with E-state index >= 15 is 0 Å². The molecular formula is C18H23N3O3S2. The van der Waals surface area contributed by atoms with Gasteiger partial charge >= 0.3 is 0 Å². The van der Waals surface area contributed by atoms with Gasteiger partial charge in [-0.15, -0.1) is 11.3 Å². The maximum absolute atomic E-state index is 12.4. The lowest BCUT2D eigenvalue weighted by molar-refractivity contribution is 0.0951. The van der Waals surface area contributed by atoms with Gasteiger partial charge in [0.15, 0.2) is 0 Å². The number of carbonyl (C=O) groups is 1. The summed E-state index contributed by atoms with van der Waals surface area (Å²) in [7, 11) is -3.66.